The van der Waals surface area contributed by atoms with Crippen molar-refractivity contribution >= 4 is 16.0 Å². The first-order valence-electron chi connectivity index (χ1n) is 22.3. The van der Waals surface area contributed by atoms with Crippen LogP contribution in [0.4, 0.5) is 0 Å². The van der Waals surface area contributed by atoms with Crippen LogP contribution in [0, 0.1) is 0 Å². The Kier molecular flexibility index (Phi) is 39.3. The molecule has 0 aromatic carbocycles. The van der Waals surface area contributed by atoms with Gasteiger partial charge in [0.15, 0.2) is 0 Å². The number of aliphatic hydroxyl groups is 1. The summed E-state index contributed by atoms with van der Waals surface area (Å²) >= 11 is 0. The third kappa shape index (κ3) is 42.5. The molecule has 0 aromatic heterocycles. The van der Waals surface area contributed by atoms with E-state index in [4.69, 9.17) is 0 Å². The molecule has 55 heavy (non-hydrogen) atoms. The monoisotopic (exact) mass is 786 g/mol. The lowest BCUT2D eigenvalue weighted by atomic mass is 10.0. The molecule has 0 aliphatic heterocycles. The molecule has 3 N–H and O–H groups in total. The molecule has 0 spiro atoms. The summed E-state index contributed by atoms with van der Waals surface area (Å²) < 4.78 is 32.6. The van der Waals surface area contributed by atoms with Crippen LogP contribution >= 0.6 is 0 Å². The molecule has 2 atom stereocenters. The van der Waals surface area contributed by atoms with E-state index < -0.39 is 28.0 Å². The van der Waals surface area contributed by atoms with E-state index in [2.05, 4.69) is 92.1 Å². The molecule has 0 fully saturated rings. The summed E-state index contributed by atoms with van der Waals surface area (Å²) in [6, 6.07) is -1.10. The third-order valence-electron chi connectivity index (χ3n) is 9.56. The Morgan fingerprint density at radius 3 is 1.36 bits per heavy atom. The Hall–Kier alpha value is -2.48. The molecule has 0 radical (unpaired) electrons. The van der Waals surface area contributed by atoms with E-state index in [0.717, 1.165) is 64.2 Å². The Morgan fingerprint density at radius 1 is 0.509 bits per heavy atom. The molecular formula is C48H83NO5S. The quantitative estimate of drug-likeness (QED) is 0.0327. The van der Waals surface area contributed by atoms with E-state index in [1.165, 1.54) is 102 Å². The number of amides is 1. The Morgan fingerprint density at radius 2 is 0.891 bits per heavy atom. The second-order valence-electron chi connectivity index (χ2n) is 14.9. The molecule has 0 aliphatic carbocycles. The zero-order chi connectivity index (χ0) is 40.3. The Labute approximate surface area is 339 Å². The highest BCUT2D eigenvalue weighted by molar-refractivity contribution is 7.85. The molecular weight excluding hydrogens is 703 g/mol. The minimum Gasteiger partial charge on any atom is -0.387 e. The van der Waals surface area contributed by atoms with Crippen molar-refractivity contribution in [3.8, 4) is 0 Å². The summed E-state index contributed by atoms with van der Waals surface area (Å²) in [5.41, 5.74) is 0. The van der Waals surface area contributed by atoms with E-state index in [-0.39, 0.29) is 12.3 Å². The van der Waals surface area contributed by atoms with Crippen molar-refractivity contribution < 1.29 is 22.9 Å². The van der Waals surface area contributed by atoms with Gasteiger partial charge in [-0.25, -0.2) is 0 Å². The van der Waals surface area contributed by atoms with E-state index in [1.54, 1.807) is 6.08 Å². The zero-order valence-electron chi connectivity index (χ0n) is 35.3. The standard InChI is InChI=1S/C48H83NO5S/c1-3-5-7-9-11-13-15-17-19-21-23-24-26-27-29-31-33-35-37-39-41-43-47(50)46(45-55(52,53)54)49-48(51)44-42-40-38-36-34-32-30-28-25-22-20-18-16-14-12-10-8-6-4-2/h6,8,12,14,18,20,25,28,32-35,41,43,46-47,50H,3-5,7,9-11,13,15-17,19,21-24,26-27,29-31,36-40,42,44-45H2,1-2H3,(H,49,51)(H,52,53,54)/b8-6-,14-12-,20-18-,28-25-,34-32-,35-33+,43-41+. The van der Waals surface area contributed by atoms with Gasteiger partial charge in [0.2, 0.25) is 5.91 Å². The zero-order valence-corrected chi connectivity index (χ0v) is 36.1. The molecule has 0 heterocycles. The van der Waals surface area contributed by atoms with Gasteiger partial charge in [0, 0.05) is 6.42 Å². The van der Waals surface area contributed by atoms with Gasteiger partial charge >= 0.3 is 0 Å². The van der Waals surface area contributed by atoms with E-state index >= 15 is 0 Å². The average Bonchev–Trinajstić information content (AvgIpc) is 3.15. The number of carbonyl (C=O) groups excluding carboxylic acids is 1. The summed E-state index contributed by atoms with van der Waals surface area (Å²) in [4.78, 5) is 12.5. The number of hydrogen-bond acceptors (Lipinski definition) is 4. The van der Waals surface area contributed by atoms with Crippen LogP contribution in [0.3, 0.4) is 0 Å². The molecule has 1 amide bonds. The van der Waals surface area contributed by atoms with Gasteiger partial charge in [0.1, 0.15) is 0 Å². The molecule has 0 saturated carbocycles. The van der Waals surface area contributed by atoms with Crippen LogP contribution in [-0.4, -0.2) is 41.9 Å². The second kappa shape index (κ2) is 41.2. The lowest BCUT2D eigenvalue weighted by molar-refractivity contribution is -0.122. The van der Waals surface area contributed by atoms with Gasteiger partial charge in [-0.05, 0) is 77.0 Å². The third-order valence-corrected chi connectivity index (χ3v) is 10.3. The largest absolute Gasteiger partial charge is 0.387 e. The van der Waals surface area contributed by atoms with Crippen molar-refractivity contribution in [3.63, 3.8) is 0 Å². The highest BCUT2D eigenvalue weighted by atomic mass is 32.2. The first-order valence-corrected chi connectivity index (χ1v) is 23.9. The maximum atomic E-state index is 12.5. The number of rotatable bonds is 39. The van der Waals surface area contributed by atoms with Gasteiger partial charge in [0.25, 0.3) is 10.1 Å². The topological polar surface area (TPSA) is 104 Å². The number of unbranched alkanes of at least 4 members (excludes halogenated alkanes) is 19. The van der Waals surface area contributed by atoms with Crippen LogP contribution in [0.5, 0.6) is 0 Å². The fourth-order valence-corrected chi connectivity index (χ4v) is 6.99. The Bertz CT molecular complexity index is 1180. The van der Waals surface area contributed by atoms with Crippen molar-refractivity contribution in [2.75, 3.05) is 5.75 Å². The number of nitrogens with one attached hydrogen (secondary N) is 1. The molecule has 2 unspecified atom stereocenters. The first kappa shape index (κ1) is 52.5. The van der Waals surface area contributed by atoms with Gasteiger partial charge in [-0.3, -0.25) is 9.35 Å². The van der Waals surface area contributed by atoms with Crippen molar-refractivity contribution in [1.29, 1.82) is 0 Å². The highest BCUT2D eigenvalue weighted by Gasteiger charge is 2.24. The van der Waals surface area contributed by atoms with Gasteiger partial charge in [-0.15, -0.1) is 0 Å². The van der Waals surface area contributed by atoms with Crippen molar-refractivity contribution in [2.24, 2.45) is 0 Å². The van der Waals surface area contributed by atoms with Crippen LogP contribution < -0.4 is 5.32 Å². The second-order valence-corrected chi connectivity index (χ2v) is 16.4. The maximum absolute atomic E-state index is 12.5. The predicted octanol–water partition coefficient (Wildman–Crippen LogP) is 13.6. The molecule has 7 heteroatoms. The van der Waals surface area contributed by atoms with E-state index in [0.29, 0.717) is 12.8 Å². The summed E-state index contributed by atoms with van der Waals surface area (Å²) in [5.74, 6) is -1.05. The molecule has 0 saturated heterocycles. The van der Waals surface area contributed by atoms with Gasteiger partial charge in [-0.1, -0.05) is 195 Å². The summed E-state index contributed by atoms with van der Waals surface area (Å²) in [7, 11) is -4.37. The van der Waals surface area contributed by atoms with E-state index in [9.17, 15) is 22.9 Å². The molecule has 6 nitrogen and oxygen atoms in total. The minimum atomic E-state index is -4.37. The lowest BCUT2D eigenvalue weighted by Gasteiger charge is -2.21. The fourth-order valence-electron chi connectivity index (χ4n) is 6.26. The molecule has 0 aromatic rings. The van der Waals surface area contributed by atoms with Gasteiger partial charge in [0.05, 0.1) is 17.9 Å². The fraction of sp³-hybridized carbons (Fsp3) is 0.688. The van der Waals surface area contributed by atoms with Crippen molar-refractivity contribution in [3.05, 3.63) is 85.1 Å². The number of hydrogen-bond donors (Lipinski definition) is 3. The summed E-state index contributed by atoms with van der Waals surface area (Å²) in [6.45, 7) is 4.42. The highest BCUT2D eigenvalue weighted by Crippen LogP contribution is 2.14. The molecule has 316 valence electrons. The predicted molar refractivity (Wildman–Crippen MR) is 239 cm³/mol. The maximum Gasteiger partial charge on any atom is 0.267 e. The first-order chi connectivity index (χ1) is 26.8. The summed E-state index contributed by atoms with van der Waals surface area (Å²) in [5, 5.41) is 13.2. The smallest absolute Gasteiger partial charge is 0.267 e. The lowest BCUT2D eigenvalue weighted by Crippen LogP contribution is -2.46. The molecule has 0 rings (SSSR count). The average molecular weight is 786 g/mol. The normalized spacial score (nSPS) is 14.0. The van der Waals surface area contributed by atoms with Crippen LogP contribution in [-0.2, 0) is 14.9 Å². The summed E-state index contributed by atoms with van der Waals surface area (Å²) in [6.07, 6.45) is 60.1. The number of aliphatic hydroxyl groups excluding tert-OH is 1. The number of carbonyl (C=O) groups is 1. The van der Waals surface area contributed by atoms with Crippen LogP contribution in [0.1, 0.15) is 194 Å². The van der Waals surface area contributed by atoms with Crippen molar-refractivity contribution in [2.45, 2.75) is 206 Å². The SMILES string of the molecule is CC/C=C\C/C=C\C/C=C\C/C=C\C/C=C\CCCCCC(=O)NC(CS(=O)(=O)O)C(O)/C=C/CC/C=C/CCCCCCCCCCCCCCCCC. The molecule has 0 bridgehead atoms. The van der Waals surface area contributed by atoms with Gasteiger partial charge < -0.3 is 10.4 Å². The van der Waals surface area contributed by atoms with Crippen LogP contribution in [0.15, 0.2) is 85.1 Å². The van der Waals surface area contributed by atoms with E-state index in [1.807, 2.05) is 0 Å². The van der Waals surface area contributed by atoms with Crippen molar-refractivity contribution in [1.82, 2.24) is 5.32 Å². The van der Waals surface area contributed by atoms with Crippen LogP contribution in [0.25, 0.3) is 0 Å². The minimum absolute atomic E-state index is 0.244. The number of allylic oxidation sites excluding steroid dienone is 13. The van der Waals surface area contributed by atoms with Crippen LogP contribution in [0.2, 0.25) is 0 Å². The molecule has 0 aliphatic rings. The van der Waals surface area contributed by atoms with Gasteiger partial charge in [-0.2, -0.15) is 8.42 Å². The Balaban J connectivity index is 4.01.